The zero-order chi connectivity index (χ0) is 13.3. The first-order chi connectivity index (χ1) is 8.52. The van der Waals surface area contributed by atoms with E-state index in [4.69, 9.17) is 4.74 Å². The molecule has 0 aliphatic heterocycles. The number of carbonyl (C=O) groups is 1. The van der Waals surface area contributed by atoms with Crippen LogP contribution in [0.25, 0.3) is 0 Å². The van der Waals surface area contributed by atoms with Gasteiger partial charge in [-0.1, -0.05) is 0 Å². The van der Waals surface area contributed by atoms with Crippen LogP contribution in [0.3, 0.4) is 0 Å². The van der Waals surface area contributed by atoms with Crippen LogP contribution in [0, 0.1) is 0 Å². The number of hydrogen-bond donors (Lipinski definition) is 2. The largest absolute Gasteiger partial charge is 0.478 e. The molecule has 2 rings (SSSR count). The minimum atomic E-state index is -0.833. The maximum Gasteiger partial charge on any atom is 0.338 e. The molecule has 5 heteroatoms. The highest BCUT2D eigenvalue weighted by molar-refractivity contribution is 7.16. The normalized spacial score (nSPS) is 18.8. The van der Waals surface area contributed by atoms with E-state index in [1.807, 2.05) is 13.8 Å². The van der Waals surface area contributed by atoms with Gasteiger partial charge in [0, 0.05) is 18.3 Å². The summed E-state index contributed by atoms with van der Waals surface area (Å²) in [6.07, 6.45) is 2.99. The lowest BCUT2D eigenvalue weighted by molar-refractivity contribution is 0.00137. The molecule has 0 fully saturated rings. The molecule has 2 N–H and O–H groups in total. The SMILES string of the molecule is CNc1sc2c(c1C(=O)O)CCC(OC(C)C)C2. The van der Waals surface area contributed by atoms with E-state index in [0.717, 1.165) is 34.7 Å². The van der Waals surface area contributed by atoms with E-state index in [9.17, 15) is 9.90 Å². The molecule has 0 aromatic carbocycles. The van der Waals surface area contributed by atoms with Gasteiger partial charge in [-0.25, -0.2) is 4.79 Å². The van der Waals surface area contributed by atoms with Crippen LogP contribution < -0.4 is 5.32 Å². The summed E-state index contributed by atoms with van der Waals surface area (Å²) in [5, 5.41) is 13.0. The number of hydrogen-bond acceptors (Lipinski definition) is 4. The van der Waals surface area contributed by atoms with E-state index < -0.39 is 5.97 Å². The predicted molar refractivity (Wildman–Crippen MR) is 72.9 cm³/mol. The first-order valence-corrected chi connectivity index (χ1v) is 7.05. The van der Waals surface area contributed by atoms with Crippen molar-refractivity contribution >= 4 is 22.3 Å². The Morgan fingerprint density at radius 3 is 2.83 bits per heavy atom. The molecule has 1 aliphatic carbocycles. The highest BCUT2D eigenvalue weighted by atomic mass is 32.1. The Hall–Kier alpha value is -1.07. The highest BCUT2D eigenvalue weighted by Crippen LogP contribution is 2.38. The molecular formula is C13H19NO3S. The van der Waals surface area contributed by atoms with Crippen molar-refractivity contribution in [1.82, 2.24) is 0 Å². The molecule has 0 amide bonds. The zero-order valence-electron chi connectivity index (χ0n) is 10.9. The maximum absolute atomic E-state index is 11.3. The average molecular weight is 269 g/mol. The summed E-state index contributed by atoms with van der Waals surface area (Å²) in [4.78, 5) is 12.5. The second-order valence-corrected chi connectivity index (χ2v) is 5.92. The zero-order valence-corrected chi connectivity index (χ0v) is 11.8. The predicted octanol–water partition coefficient (Wildman–Crippen LogP) is 2.77. The van der Waals surface area contributed by atoms with Gasteiger partial charge in [-0.2, -0.15) is 0 Å². The number of rotatable bonds is 4. The van der Waals surface area contributed by atoms with Crippen LogP contribution in [-0.4, -0.2) is 30.3 Å². The molecule has 1 aromatic heterocycles. The first kappa shape index (κ1) is 13.4. The number of carboxylic acid groups (broad SMARTS) is 1. The van der Waals surface area contributed by atoms with Gasteiger partial charge in [-0.3, -0.25) is 0 Å². The third kappa shape index (κ3) is 2.52. The average Bonchev–Trinajstić information content (AvgIpc) is 2.65. The van der Waals surface area contributed by atoms with E-state index in [1.54, 1.807) is 18.4 Å². The fourth-order valence-corrected chi connectivity index (χ4v) is 3.72. The van der Waals surface area contributed by atoms with Gasteiger partial charge in [-0.05, 0) is 32.3 Å². The molecule has 1 aromatic rings. The second kappa shape index (κ2) is 5.28. The van der Waals surface area contributed by atoms with E-state index >= 15 is 0 Å². The Balaban J connectivity index is 2.26. The van der Waals surface area contributed by atoms with Crippen LogP contribution in [0.4, 0.5) is 5.00 Å². The number of fused-ring (bicyclic) bond motifs is 1. The molecule has 4 nitrogen and oxygen atoms in total. The molecule has 1 atom stereocenters. The monoisotopic (exact) mass is 269 g/mol. The van der Waals surface area contributed by atoms with Gasteiger partial charge in [0.15, 0.2) is 0 Å². The topological polar surface area (TPSA) is 58.6 Å². The van der Waals surface area contributed by atoms with E-state index in [0.29, 0.717) is 5.56 Å². The summed E-state index contributed by atoms with van der Waals surface area (Å²) < 4.78 is 5.83. The lowest BCUT2D eigenvalue weighted by atomic mass is 9.93. The third-order valence-electron chi connectivity index (χ3n) is 3.13. The molecule has 0 saturated carbocycles. The first-order valence-electron chi connectivity index (χ1n) is 6.24. The van der Waals surface area contributed by atoms with Crippen molar-refractivity contribution in [2.75, 3.05) is 12.4 Å². The minimum Gasteiger partial charge on any atom is -0.478 e. The Morgan fingerprint density at radius 1 is 1.56 bits per heavy atom. The van der Waals surface area contributed by atoms with Crippen LogP contribution in [-0.2, 0) is 17.6 Å². The van der Waals surface area contributed by atoms with Gasteiger partial charge in [-0.15, -0.1) is 11.3 Å². The number of nitrogens with one attached hydrogen (secondary N) is 1. The van der Waals surface area contributed by atoms with E-state index in [2.05, 4.69) is 5.32 Å². The third-order valence-corrected chi connectivity index (χ3v) is 4.40. The van der Waals surface area contributed by atoms with Crippen LogP contribution in [0.2, 0.25) is 0 Å². The van der Waals surface area contributed by atoms with Crippen LogP contribution in [0.1, 0.15) is 41.1 Å². The minimum absolute atomic E-state index is 0.222. The Labute approximate surface area is 111 Å². The summed E-state index contributed by atoms with van der Waals surface area (Å²) in [5.41, 5.74) is 1.46. The molecule has 1 unspecified atom stereocenters. The molecule has 0 radical (unpaired) electrons. The van der Waals surface area contributed by atoms with Gasteiger partial charge >= 0.3 is 5.97 Å². The van der Waals surface area contributed by atoms with Crippen molar-refractivity contribution in [2.24, 2.45) is 0 Å². The Morgan fingerprint density at radius 2 is 2.28 bits per heavy atom. The molecule has 0 saturated heterocycles. The number of ether oxygens (including phenoxy) is 1. The van der Waals surface area contributed by atoms with Gasteiger partial charge < -0.3 is 15.2 Å². The number of aromatic carboxylic acids is 1. The van der Waals surface area contributed by atoms with Crippen molar-refractivity contribution in [3.05, 3.63) is 16.0 Å². The van der Waals surface area contributed by atoms with Crippen molar-refractivity contribution in [2.45, 2.75) is 45.3 Å². The van der Waals surface area contributed by atoms with Crippen molar-refractivity contribution < 1.29 is 14.6 Å². The number of carboxylic acids is 1. The quantitative estimate of drug-likeness (QED) is 0.882. The molecule has 0 spiro atoms. The molecule has 100 valence electrons. The van der Waals surface area contributed by atoms with Crippen LogP contribution in [0.15, 0.2) is 0 Å². The van der Waals surface area contributed by atoms with Crippen molar-refractivity contribution in [3.8, 4) is 0 Å². The van der Waals surface area contributed by atoms with Gasteiger partial charge in [0.2, 0.25) is 0 Å². The lowest BCUT2D eigenvalue weighted by Crippen LogP contribution is -2.25. The van der Waals surface area contributed by atoms with Gasteiger partial charge in [0.1, 0.15) is 5.00 Å². The molecule has 1 heterocycles. The molecule has 0 bridgehead atoms. The van der Waals surface area contributed by atoms with Crippen molar-refractivity contribution in [1.29, 1.82) is 0 Å². The van der Waals surface area contributed by atoms with Gasteiger partial charge in [0.25, 0.3) is 0 Å². The van der Waals surface area contributed by atoms with Crippen LogP contribution >= 0.6 is 11.3 Å². The summed E-state index contributed by atoms with van der Waals surface area (Å²) in [6.45, 7) is 4.07. The lowest BCUT2D eigenvalue weighted by Gasteiger charge is -2.24. The van der Waals surface area contributed by atoms with E-state index in [-0.39, 0.29) is 12.2 Å². The smallest absolute Gasteiger partial charge is 0.338 e. The van der Waals surface area contributed by atoms with E-state index in [1.165, 1.54) is 0 Å². The number of anilines is 1. The molecule has 18 heavy (non-hydrogen) atoms. The number of thiophene rings is 1. The summed E-state index contributed by atoms with van der Waals surface area (Å²) in [6, 6.07) is 0. The highest BCUT2D eigenvalue weighted by Gasteiger charge is 2.29. The Bertz CT molecular complexity index is 453. The summed E-state index contributed by atoms with van der Waals surface area (Å²) in [5.74, 6) is -0.833. The fourth-order valence-electron chi connectivity index (χ4n) is 2.46. The van der Waals surface area contributed by atoms with Crippen molar-refractivity contribution in [3.63, 3.8) is 0 Å². The fraction of sp³-hybridized carbons (Fsp3) is 0.615. The Kier molecular flexibility index (Phi) is 3.92. The second-order valence-electron chi connectivity index (χ2n) is 4.81. The standard InChI is InChI=1S/C13H19NO3S/c1-7(2)17-8-4-5-9-10(6-8)18-12(14-3)11(9)13(15)16/h7-8,14H,4-6H2,1-3H3,(H,15,16). The molecular weight excluding hydrogens is 250 g/mol. The molecule has 1 aliphatic rings. The van der Waals surface area contributed by atoms with Gasteiger partial charge in [0.05, 0.1) is 17.8 Å². The maximum atomic E-state index is 11.3. The summed E-state index contributed by atoms with van der Waals surface area (Å²) >= 11 is 1.55. The van der Waals surface area contributed by atoms with Crippen LogP contribution in [0.5, 0.6) is 0 Å². The summed E-state index contributed by atoms with van der Waals surface area (Å²) in [7, 11) is 1.77.